The van der Waals surface area contributed by atoms with Crippen LogP contribution in [-0.4, -0.2) is 32.8 Å². The quantitative estimate of drug-likeness (QED) is 0.871. The number of hydrogen-bond acceptors (Lipinski definition) is 3. The van der Waals surface area contributed by atoms with Crippen molar-refractivity contribution in [3.8, 4) is 0 Å². The maximum atomic E-state index is 12.3. The summed E-state index contributed by atoms with van der Waals surface area (Å²) in [7, 11) is -2.16. The molecule has 1 atom stereocenters. The number of benzene rings is 1. The van der Waals surface area contributed by atoms with Gasteiger partial charge >= 0.3 is 0 Å². The molecule has 112 valence electrons. The van der Waals surface area contributed by atoms with E-state index in [1.165, 1.54) is 12.1 Å². The summed E-state index contributed by atoms with van der Waals surface area (Å²) >= 11 is 3.12. The molecule has 0 heterocycles. The standard InChI is InChI=1S/C13H19BrN2O3S/c1-4-9(2)8-16(3)13(17)10-5-6-11(14)12(7-10)20(15,18)19/h5-7,9H,4,8H2,1-3H3,(H2,15,18,19). The van der Waals surface area contributed by atoms with Gasteiger partial charge < -0.3 is 4.90 Å². The smallest absolute Gasteiger partial charge is 0.253 e. The monoisotopic (exact) mass is 362 g/mol. The van der Waals surface area contributed by atoms with Crippen LogP contribution < -0.4 is 5.14 Å². The first-order chi connectivity index (χ1) is 9.16. The van der Waals surface area contributed by atoms with Gasteiger partial charge in [0.1, 0.15) is 0 Å². The van der Waals surface area contributed by atoms with E-state index in [1.807, 2.05) is 0 Å². The third kappa shape index (κ3) is 4.29. The first kappa shape index (κ1) is 17.1. The van der Waals surface area contributed by atoms with E-state index in [0.29, 0.717) is 22.5 Å². The molecule has 0 spiro atoms. The van der Waals surface area contributed by atoms with Gasteiger partial charge in [0.15, 0.2) is 0 Å². The summed E-state index contributed by atoms with van der Waals surface area (Å²) in [5, 5.41) is 5.12. The van der Waals surface area contributed by atoms with Crippen molar-refractivity contribution in [3.05, 3.63) is 28.2 Å². The second-order valence-electron chi connectivity index (χ2n) is 4.89. The number of halogens is 1. The Hall–Kier alpha value is -0.920. The second-order valence-corrected chi connectivity index (χ2v) is 7.27. The molecule has 0 aliphatic rings. The van der Waals surface area contributed by atoms with Crippen molar-refractivity contribution in [2.45, 2.75) is 25.2 Å². The Kier molecular flexibility index (Phi) is 5.73. The van der Waals surface area contributed by atoms with Gasteiger partial charge in [-0.1, -0.05) is 20.3 Å². The van der Waals surface area contributed by atoms with Gasteiger partial charge in [0.25, 0.3) is 5.91 Å². The number of nitrogens with two attached hydrogens (primary N) is 1. The van der Waals surface area contributed by atoms with Gasteiger partial charge in [0.05, 0.1) is 4.90 Å². The van der Waals surface area contributed by atoms with Crippen molar-refractivity contribution in [1.82, 2.24) is 4.90 Å². The lowest BCUT2D eigenvalue weighted by Gasteiger charge is -2.21. The van der Waals surface area contributed by atoms with Crippen molar-refractivity contribution in [2.24, 2.45) is 11.1 Å². The summed E-state index contributed by atoms with van der Waals surface area (Å²) < 4.78 is 23.2. The van der Waals surface area contributed by atoms with Crippen molar-refractivity contribution < 1.29 is 13.2 Å². The fourth-order valence-electron chi connectivity index (χ4n) is 1.75. The van der Waals surface area contributed by atoms with E-state index in [4.69, 9.17) is 5.14 Å². The molecule has 1 amide bonds. The molecule has 7 heteroatoms. The van der Waals surface area contributed by atoms with Gasteiger partial charge in [-0.05, 0) is 40.0 Å². The summed E-state index contributed by atoms with van der Waals surface area (Å²) in [6.45, 7) is 4.74. The Morgan fingerprint density at radius 1 is 1.45 bits per heavy atom. The van der Waals surface area contributed by atoms with Crippen LogP contribution in [0.1, 0.15) is 30.6 Å². The summed E-state index contributed by atoms with van der Waals surface area (Å²) in [6, 6.07) is 4.40. The Morgan fingerprint density at radius 2 is 2.05 bits per heavy atom. The highest BCUT2D eigenvalue weighted by Crippen LogP contribution is 2.22. The minimum atomic E-state index is -3.86. The fraction of sp³-hybridized carbons (Fsp3) is 0.462. The predicted molar refractivity (Wildman–Crippen MR) is 81.9 cm³/mol. The lowest BCUT2D eigenvalue weighted by atomic mass is 10.1. The average molecular weight is 363 g/mol. The zero-order chi connectivity index (χ0) is 15.5. The van der Waals surface area contributed by atoms with E-state index in [2.05, 4.69) is 29.8 Å². The third-order valence-corrected chi connectivity index (χ3v) is 5.02. The van der Waals surface area contributed by atoms with E-state index in [-0.39, 0.29) is 10.8 Å². The van der Waals surface area contributed by atoms with Crippen LogP contribution in [0.3, 0.4) is 0 Å². The Labute approximate surface area is 128 Å². The number of hydrogen-bond donors (Lipinski definition) is 1. The Balaban J connectivity index is 3.06. The van der Waals surface area contributed by atoms with Crippen LogP contribution in [0.2, 0.25) is 0 Å². The number of amides is 1. The highest BCUT2D eigenvalue weighted by Gasteiger charge is 2.18. The van der Waals surface area contributed by atoms with Crippen molar-refractivity contribution >= 4 is 31.9 Å². The lowest BCUT2D eigenvalue weighted by molar-refractivity contribution is 0.0774. The van der Waals surface area contributed by atoms with Gasteiger partial charge in [0.2, 0.25) is 10.0 Å². The van der Waals surface area contributed by atoms with Gasteiger partial charge in [-0.3, -0.25) is 4.79 Å². The van der Waals surface area contributed by atoms with Crippen LogP contribution in [0.15, 0.2) is 27.6 Å². The maximum absolute atomic E-state index is 12.3. The van der Waals surface area contributed by atoms with E-state index in [1.54, 1.807) is 18.0 Å². The van der Waals surface area contributed by atoms with Crippen LogP contribution in [0.4, 0.5) is 0 Å². The number of sulfonamides is 1. The number of carbonyl (C=O) groups is 1. The fourth-order valence-corrected chi connectivity index (χ4v) is 3.31. The second kappa shape index (κ2) is 6.69. The molecule has 1 aromatic rings. The summed E-state index contributed by atoms with van der Waals surface area (Å²) in [5.74, 6) is 0.166. The molecule has 1 aromatic carbocycles. The molecule has 1 rings (SSSR count). The highest BCUT2D eigenvalue weighted by molar-refractivity contribution is 9.10. The van der Waals surface area contributed by atoms with Gasteiger partial charge in [0, 0.05) is 23.6 Å². The first-order valence-corrected chi connectivity index (χ1v) is 8.58. The first-order valence-electron chi connectivity index (χ1n) is 6.24. The predicted octanol–water partition coefficient (Wildman–Crippen LogP) is 2.21. The maximum Gasteiger partial charge on any atom is 0.253 e. The molecular formula is C13H19BrN2O3S. The Bertz CT molecular complexity index is 602. The molecule has 0 saturated carbocycles. The van der Waals surface area contributed by atoms with E-state index in [0.717, 1.165) is 6.42 Å². The molecule has 20 heavy (non-hydrogen) atoms. The molecule has 0 radical (unpaired) electrons. The van der Waals surface area contributed by atoms with Crippen LogP contribution >= 0.6 is 15.9 Å². The summed E-state index contributed by atoms with van der Waals surface area (Å²) in [6.07, 6.45) is 0.973. The van der Waals surface area contributed by atoms with Crippen LogP contribution in [0, 0.1) is 5.92 Å². The highest BCUT2D eigenvalue weighted by atomic mass is 79.9. The molecule has 0 aliphatic heterocycles. The van der Waals surface area contributed by atoms with Gasteiger partial charge in [-0.2, -0.15) is 0 Å². The van der Waals surface area contributed by atoms with Crippen LogP contribution in [-0.2, 0) is 10.0 Å². The summed E-state index contributed by atoms with van der Waals surface area (Å²) in [5.41, 5.74) is 0.308. The van der Waals surface area contributed by atoms with Crippen LogP contribution in [0.25, 0.3) is 0 Å². The molecule has 0 aliphatic carbocycles. The molecular weight excluding hydrogens is 344 g/mol. The average Bonchev–Trinajstić information content (AvgIpc) is 2.36. The Morgan fingerprint density at radius 3 is 2.55 bits per heavy atom. The number of nitrogens with zero attached hydrogens (tertiary/aromatic N) is 1. The van der Waals surface area contributed by atoms with Crippen molar-refractivity contribution in [1.29, 1.82) is 0 Å². The molecule has 0 bridgehead atoms. The molecule has 2 N–H and O–H groups in total. The molecule has 0 saturated heterocycles. The molecule has 0 aromatic heterocycles. The lowest BCUT2D eigenvalue weighted by Crippen LogP contribution is -2.31. The normalized spacial score (nSPS) is 13.1. The molecule has 1 unspecified atom stereocenters. The van der Waals surface area contributed by atoms with Crippen LogP contribution in [0.5, 0.6) is 0 Å². The number of carbonyl (C=O) groups excluding carboxylic acids is 1. The largest absolute Gasteiger partial charge is 0.341 e. The van der Waals surface area contributed by atoms with E-state index >= 15 is 0 Å². The third-order valence-electron chi connectivity index (χ3n) is 3.11. The number of primary sulfonamides is 1. The number of rotatable bonds is 5. The van der Waals surface area contributed by atoms with E-state index in [9.17, 15) is 13.2 Å². The zero-order valence-corrected chi connectivity index (χ0v) is 14.2. The van der Waals surface area contributed by atoms with Crippen molar-refractivity contribution in [2.75, 3.05) is 13.6 Å². The minimum absolute atomic E-state index is 0.0831. The van der Waals surface area contributed by atoms with Crippen molar-refractivity contribution in [3.63, 3.8) is 0 Å². The van der Waals surface area contributed by atoms with E-state index < -0.39 is 10.0 Å². The summed E-state index contributed by atoms with van der Waals surface area (Å²) in [4.78, 5) is 13.8. The van der Waals surface area contributed by atoms with Gasteiger partial charge in [-0.15, -0.1) is 0 Å². The topological polar surface area (TPSA) is 80.5 Å². The molecule has 5 nitrogen and oxygen atoms in total. The minimum Gasteiger partial charge on any atom is -0.341 e. The molecule has 0 fully saturated rings. The SMILES string of the molecule is CCC(C)CN(C)C(=O)c1ccc(Br)c(S(N)(=O)=O)c1. The zero-order valence-electron chi connectivity index (χ0n) is 11.8. The van der Waals surface area contributed by atoms with Gasteiger partial charge in [-0.25, -0.2) is 13.6 Å².